The molecule has 0 fully saturated rings. The predicted octanol–water partition coefficient (Wildman–Crippen LogP) is 2.56. The van der Waals surface area contributed by atoms with Crippen LogP contribution in [0.5, 0.6) is 0 Å². The molecule has 6 heteroatoms. The summed E-state index contributed by atoms with van der Waals surface area (Å²) < 4.78 is 13.0. The Morgan fingerprint density at radius 2 is 1.91 bits per heavy atom. The maximum atomic E-state index is 13.0. The fraction of sp³-hybridized carbons (Fsp3) is 0.188. The molecule has 114 valence electrons. The van der Waals surface area contributed by atoms with E-state index >= 15 is 0 Å². The minimum atomic E-state index is -0.959. The van der Waals surface area contributed by atoms with Gasteiger partial charge in [-0.05, 0) is 36.2 Å². The standard InChI is InChI=1S/C16H15FN2O3/c17-12-6-4-11(5-7-12)13(8-9-15(20)21)19-16(22)14-3-1-2-10-18-14/h1-7,10,13H,8-9H2,(H,19,22)(H,20,21). The molecular formula is C16H15FN2O3. The molecule has 0 spiro atoms. The van der Waals surface area contributed by atoms with Crippen molar-refractivity contribution >= 4 is 11.9 Å². The first-order chi connectivity index (χ1) is 10.6. The van der Waals surface area contributed by atoms with Gasteiger partial charge in [0.15, 0.2) is 0 Å². The molecule has 1 amide bonds. The van der Waals surface area contributed by atoms with Gasteiger partial charge in [-0.15, -0.1) is 0 Å². The van der Waals surface area contributed by atoms with Gasteiger partial charge in [0.05, 0.1) is 6.04 Å². The Labute approximate surface area is 126 Å². The van der Waals surface area contributed by atoms with Gasteiger partial charge in [-0.1, -0.05) is 18.2 Å². The van der Waals surface area contributed by atoms with Crippen LogP contribution in [-0.4, -0.2) is 22.0 Å². The number of aromatic nitrogens is 1. The summed E-state index contributed by atoms with van der Waals surface area (Å²) in [5.74, 6) is -1.75. The van der Waals surface area contributed by atoms with Crippen LogP contribution < -0.4 is 5.32 Å². The average Bonchev–Trinajstić information content (AvgIpc) is 2.53. The van der Waals surface area contributed by atoms with Crippen molar-refractivity contribution in [3.8, 4) is 0 Å². The highest BCUT2D eigenvalue weighted by Crippen LogP contribution is 2.19. The Balaban J connectivity index is 2.15. The van der Waals surface area contributed by atoms with Crippen molar-refractivity contribution in [3.63, 3.8) is 0 Å². The van der Waals surface area contributed by atoms with Crippen LogP contribution in [-0.2, 0) is 4.79 Å². The second kappa shape index (κ2) is 7.31. The molecule has 22 heavy (non-hydrogen) atoms. The number of amides is 1. The summed E-state index contributed by atoms with van der Waals surface area (Å²) in [6, 6.07) is 10.0. The summed E-state index contributed by atoms with van der Waals surface area (Å²) >= 11 is 0. The summed E-state index contributed by atoms with van der Waals surface area (Å²) in [5, 5.41) is 11.6. The minimum Gasteiger partial charge on any atom is -0.481 e. The second-order valence-electron chi connectivity index (χ2n) is 4.72. The van der Waals surface area contributed by atoms with Gasteiger partial charge in [-0.2, -0.15) is 0 Å². The first-order valence-corrected chi connectivity index (χ1v) is 6.75. The zero-order valence-electron chi connectivity index (χ0n) is 11.7. The fourth-order valence-electron chi connectivity index (χ4n) is 2.01. The molecule has 0 saturated heterocycles. The van der Waals surface area contributed by atoms with Crippen molar-refractivity contribution in [1.82, 2.24) is 10.3 Å². The molecule has 0 radical (unpaired) electrons. The van der Waals surface area contributed by atoms with E-state index in [2.05, 4.69) is 10.3 Å². The number of carbonyl (C=O) groups is 2. The van der Waals surface area contributed by atoms with Crippen molar-refractivity contribution in [2.45, 2.75) is 18.9 Å². The lowest BCUT2D eigenvalue weighted by atomic mass is 10.0. The van der Waals surface area contributed by atoms with Crippen molar-refractivity contribution in [3.05, 3.63) is 65.7 Å². The van der Waals surface area contributed by atoms with Gasteiger partial charge in [0.2, 0.25) is 0 Å². The number of benzene rings is 1. The molecule has 2 aromatic rings. The summed E-state index contributed by atoms with van der Waals surface area (Å²) in [6.07, 6.45) is 1.60. The lowest BCUT2D eigenvalue weighted by Crippen LogP contribution is -2.29. The third-order valence-electron chi connectivity index (χ3n) is 3.12. The van der Waals surface area contributed by atoms with Crippen LogP contribution in [0.1, 0.15) is 34.9 Å². The first kappa shape index (κ1) is 15.6. The maximum absolute atomic E-state index is 13.0. The number of carboxylic acids is 1. The Hall–Kier alpha value is -2.76. The Kier molecular flexibility index (Phi) is 5.19. The van der Waals surface area contributed by atoms with E-state index < -0.39 is 23.7 Å². The minimum absolute atomic E-state index is 0.107. The first-order valence-electron chi connectivity index (χ1n) is 6.75. The third-order valence-corrected chi connectivity index (χ3v) is 3.12. The van der Waals surface area contributed by atoms with Gasteiger partial charge >= 0.3 is 5.97 Å². The summed E-state index contributed by atoms with van der Waals surface area (Å²) in [7, 11) is 0. The van der Waals surface area contributed by atoms with Crippen LogP contribution in [0.25, 0.3) is 0 Å². The molecule has 1 atom stereocenters. The molecule has 1 aromatic heterocycles. The molecule has 1 unspecified atom stereocenters. The van der Waals surface area contributed by atoms with E-state index in [-0.39, 0.29) is 18.5 Å². The van der Waals surface area contributed by atoms with Crippen LogP contribution in [0.3, 0.4) is 0 Å². The van der Waals surface area contributed by atoms with E-state index in [9.17, 15) is 14.0 Å². The molecule has 1 heterocycles. The summed E-state index contributed by atoms with van der Waals surface area (Å²) in [6.45, 7) is 0. The lowest BCUT2D eigenvalue weighted by molar-refractivity contribution is -0.137. The van der Waals surface area contributed by atoms with Crippen LogP contribution in [0.2, 0.25) is 0 Å². The summed E-state index contributed by atoms with van der Waals surface area (Å²) in [5.41, 5.74) is 0.886. The van der Waals surface area contributed by atoms with Gasteiger partial charge in [0, 0.05) is 12.6 Å². The van der Waals surface area contributed by atoms with Crippen molar-refractivity contribution in [2.24, 2.45) is 0 Å². The van der Waals surface area contributed by atoms with E-state index in [0.29, 0.717) is 5.56 Å². The van der Waals surface area contributed by atoms with E-state index in [0.717, 1.165) is 0 Å². The number of hydrogen-bond donors (Lipinski definition) is 2. The highest BCUT2D eigenvalue weighted by Gasteiger charge is 2.17. The molecule has 1 aromatic carbocycles. The zero-order chi connectivity index (χ0) is 15.9. The largest absolute Gasteiger partial charge is 0.481 e. The highest BCUT2D eigenvalue weighted by atomic mass is 19.1. The summed E-state index contributed by atoms with van der Waals surface area (Å²) in [4.78, 5) is 26.9. The van der Waals surface area contributed by atoms with E-state index in [4.69, 9.17) is 5.11 Å². The smallest absolute Gasteiger partial charge is 0.303 e. The number of nitrogens with one attached hydrogen (secondary N) is 1. The highest BCUT2D eigenvalue weighted by molar-refractivity contribution is 5.92. The molecule has 5 nitrogen and oxygen atoms in total. The molecule has 0 saturated carbocycles. The van der Waals surface area contributed by atoms with Gasteiger partial charge in [0.25, 0.3) is 5.91 Å². The Morgan fingerprint density at radius 1 is 1.18 bits per heavy atom. The average molecular weight is 302 g/mol. The molecule has 2 rings (SSSR count). The van der Waals surface area contributed by atoms with E-state index in [1.54, 1.807) is 18.2 Å². The van der Waals surface area contributed by atoms with Gasteiger partial charge in [0.1, 0.15) is 11.5 Å². The molecule has 0 aliphatic carbocycles. The van der Waals surface area contributed by atoms with Crippen molar-refractivity contribution in [2.75, 3.05) is 0 Å². The predicted molar refractivity (Wildman–Crippen MR) is 77.7 cm³/mol. The number of pyridine rings is 1. The Morgan fingerprint density at radius 3 is 2.50 bits per heavy atom. The number of halogens is 1. The van der Waals surface area contributed by atoms with E-state index in [1.165, 1.54) is 30.5 Å². The van der Waals surface area contributed by atoms with Crippen LogP contribution in [0.4, 0.5) is 4.39 Å². The monoisotopic (exact) mass is 302 g/mol. The number of carboxylic acid groups (broad SMARTS) is 1. The Bertz CT molecular complexity index is 644. The van der Waals surface area contributed by atoms with Gasteiger partial charge < -0.3 is 10.4 Å². The van der Waals surface area contributed by atoms with Gasteiger partial charge in [-0.25, -0.2) is 4.39 Å². The maximum Gasteiger partial charge on any atom is 0.303 e. The quantitative estimate of drug-likeness (QED) is 0.859. The topological polar surface area (TPSA) is 79.3 Å². The number of carbonyl (C=O) groups excluding carboxylic acids is 1. The zero-order valence-corrected chi connectivity index (χ0v) is 11.7. The second-order valence-corrected chi connectivity index (χ2v) is 4.72. The molecule has 0 aliphatic heterocycles. The van der Waals surface area contributed by atoms with E-state index in [1.807, 2.05) is 0 Å². The lowest BCUT2D eigenvalue weighted by Gasteiger charge is -2.18. The molecule has 2 N–H and O–H groups in total. The van der Waals surface area contributed by atoms with Gasteiger partial charge in [-0.3, -0.25) is 14.6 Å². The van der Waals surface area contributed by atoms with Crippen LogP contribution in [0.15, 0.2) is 48.7 Å². The molecule has 0 bridgehead atoms. The SMILES string of the molecule is O=C(O)CCC(NC(=O)c1ccccn1)c1ccc(F)cc1. The number of aliphatic carboxylic acids is 1. The molecular weight excluding hydrogens is 287 g/mol. The number of rotatable bonds is 6. The van der Waals surface area contributed by atoms with Crippen LogP contribution in [0, 0.1) is 5.82 Å². The van der Waals surface area contributed by atoms with Crippen LogP contribution >= 0.6 is 0 Å². The number of hydrogen-bond acceptors (Lipinski definition) is 3. The third kappa shape index (κ3) is 4.37. The fourth-order valence-corrected chi connectivity index (χ4v) is 2.01. The van der Waals surface area contributed by atoms with Crippen molar-refractivity contribution < 1.29 is 19.1 Å². The molecule has 0 aliphatic rings. The number of nitrogens with zero attached hydrogens (tertiary/aromatic N) is 1. The van der Waals surface area contributed by atoms with Crippen molar-refractivity contribution in [1.29, 1.82) is 0 Å². The normalized spacial score (nSPS) is 11.7.